The Morgan fingerprint density at radius 2 is 1.90 bits per heavy atom. The van der Waals surface area contributed by atoms with Crippen molar-refractivity contribution >= 4 is 28.8 Å². The number of rotatable bonds is 5. The Morgan fingerprint density at radius 3 is 2.71 bits per heavy atom. The van der Waals surface area contributed by atoms with Crippen LogP contribution in [-0.4, -0.2) is 33.3 Å². The molecule has 0 saturated carbocycles. The van der Waals surface area contributed by atoms with Crippen molar-refractivity contribution in [2.75, 3.05) is 29.1 Å². The molecule has 0 saturated heterocycles. The van der Waals surface area contributed by atoms with Gasteiger partial charge in [0.15, 0.2) is 0 Å². The molecule has 0 spiro atoms. The van der Waals surface area contributed by atoms with E-state index < -0.39 is 0 Å². The Morgan fingerprint density at radius 1 is 1.03 bits per heavy atom. The molecular formula is C23H22FN7. The summed E-state index contributed by atoms with van der Waals surface area (Å²) in [6, 6.07) is 12.9. The highest BCUT2D eigenvalue weighted by Gasteiger charge is 2.18. The molecule has 2 aromatic heterocycles. The van der Waals surface area contributed by atoms with Crippen LogP contribution < -0.4 is 15.5 Å². The third kappa shape index (κ3) is 3.79. The predicted molar refractivity (Wildman–Crippen MR) is 121 cm³/mol. The van der Waals surface area contributed by atoms with Crippen molar-refractivity contribution in [3.63, 3.8) is 0 Å². The molecule has 8 heteroatoms. The highest BCUT2D eigenvalue weighted by molar-refractivity contribution is 5.81. The lowest BCUT2D eigenvalue weighted by Crippen LogP contribution is -2.12. The second-order valence-electron chi connectivity index (χ2n) is 7.60. The minimum Gasteiger partial charge on any atom is -0.374 e. The molecule has 1 aliphatic rings. The number of aryl methyl sites for hydroxylation is 1. The highest BCUT2D eigenvalue weighted by atomic mass is 19.1. The Bertz CT molecular complexity index is 1250. The minimum atomic E-state index is -0.343. The quantitative estimate of drug-likeness (QED) is 0.500. The maximum absolute atomic E-state index is 14.3. The van der Waals surface area contributed by atoms with Gasteiger partial charge in [-0.15, -0.1) is 0 Å². The van der Waals surface area contributed by atoms with Crippen LogP contribution in [0.5, 0.6) is 0 Å². The van der Waals surface area contributed by atoms with E-state index in [0.717, 1.165) is 29.8 Å². The van der Waals surface area contributed by atoms with E-state index in [2.05, 4.69) is 55.8 Å². The van der Waals surface area contributed by atoms with Crippen LogP contribution in [0.3, 0.4) is 0 Å². The van der Waals surface area contributed by atoms with E-state index in [-0.39, 0.29) is 5.82 Å². The largest absolute Gasteiger partial charge is 0.374 e. The number of benzene rings is 2. The molecule has 0 atom stereocenters. The Kier molecular flexibility index (Phi) is 4.74. The van der Waals surface area contributed by atoms with Crippen LogP contribution in [0.4, 0.5) is 33.2 Å². The molecule has 7 nitrogen and oxygen atoms in total. The topological polar surface area (TPSA) is 70.9 Å². The predicted octanol–water partition coefficient (Wildman–Crippen LogP) is 4.50. The molecule has 1 aliphatic heterocycles. The summed E-state index contributed by atoms with van der Waals surface area (Å²) in [5.74, 6) is 0.582. The van der Waals surface area contributed by atoms with Crippen LogP contribution in [0.25, 0.3) is 11.1 Å². The SMILES string of the molecule is CN1CCc2cc(-c3cnc(Nc4cnn(C)c4)nc3Nc3ccccc3F)ccc21. The summed E-state index contributed by atoms with van der Waals surface area (Å²) in [7, 11) is 3.93. The summed E-state index contributed by atoms with van der Waals surface area (Å²) < 4.78 is 16.0. The molecule has 0 bridgehead atoms. The fourth-order valence-corrected chi connectivity index (χ4v) is 3.79. The first-order chi connectivity index (χ1) is 15.1. The van der Waals surface area contributed by atoms with E-state index in [4.69, 9.17) is 0 Å². The van der Waals surface area contributed by atoms with E-state index in [0.29, 0.717) is 17.5 Å². The number of hydrogen-bond donors (Lipinski definition) is 2. The Hall–Kier alpha value is -3.94. The molecule has 0 amide bonds. The third-order valence-electron chi connectivity index (χ3n) is 5.40. The van der Waals surface area contributed by atoms with Crippen LogP contribution in [-0.2, 0) is 13.5 Å². The van der Waals surface area contributed by atoms with Crippen LogP contribution in [0, 0.1) is 5.82 Å². The van der Waals surface area contributed by atoms with E-state index in [1.807, 2.05) is 13.2 Å². The molecule has 0 unspecified atom stereocenters. The summed E-state index contributed by atoms with van der Waals surface area (Å²) in [5.41, 5.74) is 5.44. The van der Waals surface area contributed by atoms with E-state index in [1.54, 1.807) is 35.3 Å². The van der Waals surface area contributed by atoms with Crippen LogP contribution in [0.15, 0.2) is 61.1 Å². The normalized spacial score (nSPS) is 12.7. The highest BCUT2D eigenvalue weighted by Crippen LogP contribution is 2.35. The number of aromatic nitrogens is 4. The average Bonchev–Trinajstić information content (AvgIpc) is 3.35. The first-order valence-electron chi connectivity index (χ1n) is 10.1. The van der Waals surface area contributed by atoms with Gasteiger partial charge in [0.25, 0.3) is 0 Å². The zero-order valence-corrected chi connectivity index (χ0v) is 17.3. The average molecular weight is 415 g/mol. The summed E-state index contributed by atoms with van der Waals surface area (Å²) >= 11 is 0. The number of nitrogens with one attached hydrogen (secondary N) is 2. The van der Waals surface area contributed by atoms with Gasteiger partial charge in [0, 0.05) is 44.3 Å². The summed E-state index contributed by atoms with van der Waals surface area (Å²) in [6.45, 7) is 1.00. The molecule has 4 aromatic rings. The van der Waals surface area contributed by atoms with Crippen molar-refractivity contribution in [2.24, 2.45) is 7.05 Å². The molecule has 0 fully saturated rings. The Labute approximate surface area is 179 Å². The van der Waals surface area contributed by atoms with E-state index in [9.17, 15) is 4.39 Å². The van der Waals surface area contributed by atoms with Gasteiger partial charge in [0.05, 0.1) is 17.6 Å². The molecular weight excluding hydrogens is 393 g/mol. The standard InChI is InChI=1S/C23H22FN7/c1-30-10-9-16-11-15(7-8-21(16)30)18-13-25-23(27-17-12-26-31(2)14-17)29-22(18)28-20-6-4-3-5-19(20)24/h3-8,11-14H,9-10H2,1-2H3,(H2,25,27,28,29). The molecule has 2 aromatic carbocycles. The maximum atomic E-state index is 14.3. The number of nitrogens with zero attached hydrogens (tertiary/aromatic N) is 5. The monoisotopic (exact) mass is 415 g/mol. The van der Waals surface area contributed by atoms with Gasteiger partial charge >= 0.3 is 0 Å². The number of fused-ring (bicyclic) bond motifs is 1. The molecule has 156 valence electrons. The Balaban J connectivity index is 1.55. The number of likely N-dealkylation sites (N-methyl/N-ethyl adjacent to an activating group) is 1. The number of hydrogen-bond acceptors (Lipinski definition) is 6. The summed E-state index contributed by atoms with van der Waals surface area (Å²) in [5, 5.41) is 10.4. The second kappa shape index (κ2) is 7.71. The molecule has 31 heavy (non-hydrogen) atoms. The van der Waals surface area contributed by atoms with Gasteiger partial charge in [-0.05, 0) is 41.8 Å². The lowest BCUT2D eigenvalue weighted by molar-refractivity contribution is 0.632. The van der Waals surface area contributed by atoms with Crippen molar-refractivity contribution in [3.8, 4) is 11.1 Å². The lowest BCUT2D eigenvalue weighted by Gasteiger charge is -2.15. The van der Waals surface area contributed by atoms with Gasteiger partial charge in [-0.2, -0.15) is 10.1 Å². The molecule has 2 N–H and O–H groups in total. The van der Waals surface area contributed by atoms with Gasteiger partial charge in [0.2, 0.25) is 5.95 Å². The van der Waals surface area contributed by atoms with Gasteiger partial charge in [-0.25, -0.2) is 9.37 Å². The van der Waals surface area contributed by atoms with Crippen molar-refractivity contribution in [1.82, 2.24) is 19.7 Å². The van der Waals surface area contributed by atoms with E-state index in [1.165, 1.54) is 17.3 Å². The minimum absolute atomic E-state index is 0.343. The molecule has 3 heterocycles. The summed E-state index contributed by atoms with van der Waals surface area (Å²) in [4.78, 5) is 11.4. The first-order valence-corrected chi connectivity index (χ1v) is 10.1. The second-order valence-corrected chi connectivity index (χ2v) is 7.60. The smallest absolute Gasteiger partial charge is 0.229 e. The van der Waals surface area contributed by atoms with Crippen molar-refractivity contribution in [3.05, 3.63) is 72.4 Å². The fraction of sp³-hybridized carbons (Fsp3) is 0.174. The van der Waals surface area contributed by atoms with Gasteiger partial charge in [-0.1, -0.05) is 18.2 Å². The van der Waals surface area contributed by atoms with Crippen LogP contribution in [0.2, 0.25) is 0 Å². The zero-order chi connectivity index (χ0) is 21.4. The van der Waals surface area contributed by atoms with Crippen molar-refractivity contribution < 1.29 is 4.39 Å². The van der Waals surface area contributed by atoms with Crippen LogP contribution >= 0.6 is 0 Å². The first kappa shape index (κ1) is 19.0. The van der Waals surface area contributed by atoms with Crippen LogP contribution in [0.1, 0.15) is 5.56 Å². The number of para-hydroxylation sites is 1. The van der Waals surface area contributed by atoms with Gasteiger partial charge in [-0.3, -0.25) is 4.68 Å². The third-order valence-corrected chi connectivity index (χ3v) is 5.40. The molecule has 5 rings (SSSR count). The van der Waals surface area contributed by atoms with E-state index >= 15 is 0 Å². The van der Waals surface area contributed by atoms with Gasteiger partial charge < -0.3 is 15.5 Å². The molecule has 0 radical (unpaired) electrons. The molecule has 0 aliphatic carbocycles. The fourth-order valence-electron chi connectivity index (χ4n) is 3.79. The number of anilines is 5. The van der Waals surface area contributed by atoms with Gasteiger partial charge in [0.1, 0.15) is 11.6 Å². The number of halogens is 1. The summed E-state index contributed by atoms with van der Waals surface area (Å²) in [6.07, 6.45) is 6.28. The maximum Gasteiger partial charge on any atom is 0.229 e. The van der Waals surface area contributed by atoms with Crippen molar-refractivity contribution in [1.29, 1.82) is 0 Å². The van der Waals surface area contributed by atoms with Crippen molar-refractivity contribution in [2.45, 2.75) is 6.42 Å². The lowest BCUT2D eigenvalue weighted by atomic mass is 10.0. The zero-order valence-electron chi connectivity index (χ0n) is 17.3.